The Morgan fingerprint density at radius 3 is 3.07 bits per heavy atom. The number of carbonyl (C=O) groups is 1. The first-order valence-corrected chi connectivity index (χ1v) is 5.77. The zero-order valence-electron chi connectivity index (χ0n) is 8.17. The smallest absolute Gasteiger partial charge is 0.261 e. The Bertz CT molecular complexity index is 331. The molecule has 0 bridgehead atoms. The van der Waals surface area contributed by atoms with Gasteiger partial charge in [-0.3, -0.25) is 4.79 Å². The molecule has 0 saturated carbocycles. The Morgan fingerprint density at radius 2 is 2.50 bits per heavy atom. The third-order valence-corrected chi connectivity index (χ3v) is 3.41. The minimum atomic E-state index is 0.0864. The molecular weight excluding hydrogens is 196 g/mol. The summed E-state index contributed by atoms with van der Waals surface area (Å²) in [6.45, 7) is 3.88. The van der Waals surface area contributed by atoms with E-state index in [2.05, 4.69) is 17.6 Å². The predicted octanol–water partition coefficient (Wildman–Crippen LogP) is 1.01. The van der Waals surface area contributed by atoms with Crippen molar-refractivity contribution >= 4 is 17.2 Å². The van der Waals surface area contributed by atoms with E-state index in [0.29, 0.717) is 6.04 Å². The molecule has 0 aromatic carbocycles. The molecule has 76 valence electrons. The van der Waals surface area contributed by atoms with E-state index in [-0.39, 0.29) is 5.91 Å². The van der Waals surface area contributed by atoms with Crippen LogP contribution in [0.25, 0.3) is 0 Å². The Kier molecular flexibility index (Phi) is 2.84. The molecule has 0 spiro atoms. The van der Waals surface area contributed by atoms with Gasteiger partial charge < -0.3 is 10.6 Å². The fourth-order valence-electron chi connectivity index (χ4n) is 1.46. The minimum Gasteiger partial charge on any atom is -0.346 e. The maximum atomic E-state index is 11.8. The van der Waals surface area contributed by atoms with Crippen LogP contribution in [0.5, 0.6) is 0 Å². The lowest BCUT2D eigenvalue weighted by atomic mass is 10.1. The Labute approximate surface area is 87.5 Å². The zero-order chi connectivity index (χ0) is 9.97. The van der Waals surface area contributed by atoms with Crippen molar-refractivity contribution in [2.24, 2.45) is 0 Å². The summed E-state index contributed by atoms with van der Waals surface area (Å²) in [5.74, 6) is 0.0864. The third kappa shape index (κ3) is 1.81. The van der Waals surface area contributed by atoms with Crippen molar-refractivity contribution in [2.75, 3.05) is 13.1 Å². The van der Waals surface area contributed by atoms with Crippen molar-refractivity contribution in [1.29, 1.82) is 0 Å². The highest BCUT2D eigenvalue weighted by atomic mass is 32.1. The molecule has 1 aromatic heterocycles. The number of hydrogen-bond acceptors (Lipinski definition) is 3. The van der Waals surface area contributed by atoms with Gasteiger partial charge in [-0.25, -0.2) is 0 Å². The van der Waals surface area contributed by atoms with Crippen LogP contribution in [0.4, 0.5) is 0 Å². The van der Waals surface area contributed by atoms with Crippen molar-refractivity contribution in [3.05, 3.63) is 21.9 Å². The highest BCUT2D eigenvalue weighted by Crippen LogP contribution is 2.17. The van der Waals surface area contributed by atoms with E-state index in [1.807, 2.05) is 11.4 Å². The summed E-state index contributed by atoms with van der Waals surface area (Å²) in [6.07, 6.45) is 0.926. The van der Waals surface area contributed by atoms with E-state index in [1.54, 1.807) is 0 Å². The van der Waals surface area contributed by atoms with Crippen LogP contribution < -0.4 is 10.6 Å². The lowest BCUT2D eigenvalue weighted by molar-refractivity contribution is 0.0927. The molecule has 2 rings (SSSR count). The molecule has 2 heterocycles. The fraction of sp³-hybridized carbons (Fsp3) is 0.500. The van der Waals surface area contributed by atoms with Gasteiger partial charge in [-0.15, -0.1) is 11.3 Å². The number of nitrogens with one attached hydrogen (secondary N) is 2. The molecule has 3 nitrogen and oxygen atoms in total. The van der Waals surface area contributed by atoms with E-state index in [4.69, 9.17) is 0 Å². The highest BCUT2D eigenvalue weighted by molar-refractivity contribution is 7.12. The molecule has 1 fully saturated rings. The molecule has 14 heavy (non-hydrogen) atoms. The second-order valence-electron chi connectivity index (χ2n) is 3.46. The Morgan fingerprint density at radius 1 is 1.71 bits per heavy atom. The van der Waals surface area contributed by atoms with Crippen LogP contribution in [0, 0.1) is 0 Å². The topological polar surface area (TPSA) is 41.1 Å². The normalized spacial score (nSPS) is 16.4. The number of rotatable bonds is 3. The maximum Gasteiger partial charge on any atom is 0.261 e. The van der Waals surface area contributed by atoms with Crippen LogP contribution in [0.1, 0.15) is 22.2 Å². The molecule has 1 aromatic rings. The predicted molar refractivity (Wildman–Crippen MR) is 57.8 cm³/mol. The largest absolute Gasteiger partial charge is 0.346 e. The molecule has 4 heteroatoms. The van der Waals surface area contributed by atoms with Gasteiger partial charge in [0.25, 0.3) is 5.91 Å². The molecule has 1 amide bonds. The molecule has 1 aliphatic heterocycles. The summed E-state index contributed by atoms with van der Waals surface area (Å²) in [5, 5.41) is 8.11. The van der Waals surface area contributed by atoms with E-state index >= 15 is 0 Å². The van der Waals surface area contributed by atoms with Crippen LogP contribution in [0.3, 0.4) is 0 Å². The van der Waals surface area contributed by atoms with Crippen molar-refractivity contribution in [3.8, 4) is 0 Å². The third-order valence-electron chi connectivity index (χ3n) is 2.45. The number of aryl methyl sites for hydroxylation is 1. The lowest BCUT2D eigenvalue weighted by Gasteiger charge is -2.27. The Balaban J connectivity index is 2.02. The van der Waals surface area contributed by atoms with Gasteiger partial charge >= 0.3 is 0 Å². The minimum absolute atomic E-state index is 0.0864. The van der Waals surface area contributed by atoms with E-state index < -0.39 is 0 Å². The van der Waals surface area contributed by atoms with Gasteiger partial charge in [0.1, 0.15) is 0 Å². The van der Waals surface area contributed by atoms with Crippen molar-refractivity contribution < 1.29 is 4.79 Å². The van der Waals surface area contributed by atoms with Gasteiger partial charge in [0.2, 0.25) is 0 Å². The molecule has 0 radical (unpaired) electrons. The first-order valence-electron chi connectivity index (χ1n) is 4.89. The number of amides is 1. The van der Waals surface area contributed by atoms with Gasteiger partial charge in [0, 0.05) is 13.1 Å². The zero-order valence-corrected chi connectivity index (χ0v) is 8.99. The van der Waals surface area contributed by atoms with E-state index in [0.717, 1.165) is 30.0 Å². The molecular formula is C10H14N2OS. The van der Waals surface area contributed by atoms with Gasteiger partial charge in [-0.2, -0.15) is 0 Å². The SMILES string of the molecule is CCc1ccsc1C(=O)NC1CNC1. The monoisotopic (exact) mass is 210 g/mol. The van der Waals surface area contributed by atoms with E-state index in [9.17, 15) is 4.79 Å². The molecule has 2 N–H and O–H groups in total. The average molecular weight is 210 g/mol. The second-order valence-corrected chi connectivity index (χ2v) is 4.37. The van der Waals surface area contributed by atoms with Crippen LogP contribution >= 0.6 is 11.3 Å². The van der Waals surface area contributed by atoms with E-state index in [1.165, 1.54) is 11.3 Å². The highest BCUT2D eigenvalue weighted by Gasteiger charge is 2.21. The molecule has 1 aliphatic rings. The Hall–Kier alpha value is -0.870. The van der Waals surface area contributed by atoms with Crippen molar-refractivity contribution in [1.82, 2.24) is 10.6 Å². The number of hydrogen-bond donors (Lipinski definition) is 2. The van der Waals surface area contributed by atoms with Crippen LogP contribution in [-0.2, 0) is 6.42 Å². The number of carbonyl (C=O) groups excluding carboxylic acids is 1. The van der Waals surface area contributed by atoms with Gasteiger partial charge in [0.05, 0.1) is 10.9 Å². The molecule has 0 atom stereocenters. The summed E-state index contributed by atoms with van der Waals surface area (Å²) < 4.78 is 0. The second kappa shape index (κ2) is 4.11. The van der Waals surface area contributed by atoms with Crippen molar-refractivity contribution in [3.63, 3.8) is 0 Å². The molecule has 1 saturated heterocycles. The van der Waals surface area contributed by atoms with Gasteiger partial charge in [0.15, 0.2) is 0 Å². The summed E-state index contributed by atoms with van der Waals surface area (Å²) >= 11 is 1.53. The first kappa shape index (κ1) is 9.68. The lowest BCUT2D eigenvalue weighted by Crippen LogP contribution is -2.56. The molecule has 0 aliphatic carbocycles. The molecule has 0 unspecified atom stereocenters. The summed E-state index contributed by atoms with van der Waals surface area (Å²) in [5.41, 5.74) is 1.15. The summed E-state index contributed by atoms with van der Waals surface area (Å²) in [7, 11) is 0. The van der Waals surface area contributed by atoms with Crippen LogP contribution in [-0.4, -0.2) is 25.0 Å². The van der Waals surface area contributed by atoms with Gasteiger partial charge in [-0.05, 0) is 23.4 Å². The summed E-state index contributed by atoms with van der Waals surface area (Å²) in [6, 6.07) is 2.35. The fourth-order valence-corrected chi connectivity index (χ4v) is 2.35. The number of thiophene rings is 1. The van der Waals surface area contributed by atoms with Crippen LogP contribution in [0.15, 0.2) is 11.4 Å². The maximum absolute atomic E-state index is 11.8. The summed E-state index contributed by atoms with van der Waals surface area (Å²) in [4.78, 5) is 12.6. The van der Waals surface area contributed by atoms with Crippen LogP contribution in [0.2, 0.25) is 0 Å². The van der Waals surface area contributed by atoms with Gasteiger partial charge in [-0.1, -0.05) is 6.92 Å². The average Bonchev–Trinajstić information content (AvgIpc) is 2.58. The first-order chi connectivity index (χ1) is 6.81. The van der Waals surface area contributed by atoms with Crippen molar-refractivity contribution in [2.45, 2.75) is 19.4 Å². The standard InChI is InChI=1S/C10H14N2OS/c1-2-7-3-4-14-9(7)10(13)12-8-5-11-6-8/h3-4,8,11H,2,5-6H2,1H3,(H,12,13). The quantitative estimate of drug-likeness (QED) is 0.782.